The largest absolute Gasteiger partial charge is 0.424 e. The molecule has 6 heteroatoms. The van der Waals surface area contributed by atoms with Crippen molar-refractivity contribution in [1.29, 1.82) is 0 Å². The van der Waals surface area contributed by atoms with E-state index in [1.54, 1.807) is 18.5 Å². The third-order valence-electron chi connectivity index (χ3n) is 4.03. The number of anilines is 1. The Bertz CT molecular complexity index is 843. The maximum absolute atomic E-state index is 5.99. The Balaban J connectivity index is 1.58. The summed E-state index contributed by atoms with van der Waals surface area (Å²) in [5.74, 6) is 0.701. The molecule has 0 aliphatic carbocycles. The van der Waals surface area contributed by atoms with Gasteiger partial charge in [0.15, 0.2) is 0 Å². The lowest BCUT2D eigenvalue weighted by Gasteiger charge is -2.25. The average molecular weight is 354 g/mol. The van der Waals surface area contributed by atoms with Crippen LogP contribution in [0.25, 0.3) is 0 Å². The number of nitrogens with zero attached hydrogens (tertiary/aromatic N) is 3. The zero-order valence-corrected chi connectivity index (χ0v) is 14.1. The van der Waals surface area contributed by atoms with Crippen LogP contribution in [-0.2, 0) is 4.74 Å². The molecule has 3 aromatic rings. The Morgan fingerprint density at radius 1 is 1.04 bits per heavy atom. The molecule has 5 nitrogen and oxygen atoms in total. The highest BCUT2D eigenvalue weighted by atomic mass is 35.5. The van der Waals surface area contributed by atoms with Gasteiger partial charge in [0.05, 0.1) is 12.6 Å². The highest BCUT2D eigenvalue weighted by Gasteiger charge is 2.27. The number of ether oxygens (including phenoxy) is 2. The van der Waals surface area contributed by atoms with E-state index in [-0.39, 0.29) is 6.04 Å². The Labute approximate surface area is 150 Å². The van der Waals surface area contributed by atoms with Gasteiger partial charge in [0, 0.05) is 23.1 Å². The molecule has 1 unspecified atom stereocenters. The molecule has 2 aromatic carbocycles. The fraction of sp³-hybridized carbons (Fsp3) is 0.158. The van der Waals surface area contributed by atoms with Gasteiger partial charge in [-0.1, -0.05) is 23.7 Å². The van der Waals surface area contributed by atoms with Gasteiger partial charge < -0.3 is 14.4 Å². The number of halogens is 1. The van der Waals surface area contributed by atoms with E-state index in [4.69, 9.17) is 21.1 Å². The first-order valence-corrected chi connectivity index (χ1v) is 8.32. The van der Waals surface area contributed by atoms with Crippen LogP contribution in [0.1, 0.15) is 11.6 Å². The smallest absolute Gasteiger partial charge is 0.321 e. The first-order chi connectivity index (χ1) is 12.3. The van der Waals surface area contributed by atoms with Crippen molar-refractivity contribution in [2.75, 3.05) is 18.2 Å². The van der Waals surface area contributed by atoms with Crippen molar-refractivity contribution >= 4 is 17.3 Å². The van der Waals surface area contributed by atoms with Crippen LogP contribution in [0.15, 0.2) is 67.0 Å². The summed E-state index contributed by atoms with van der Waals surface area (Å²) in [6, 6.07) is 17.9. The topological polar surface area (TPSA) is 47.5 Å². The minimum absolute atomic E-state index is 0.112. The molecule has 126 valence electrons. The molecule has 1 fully saturated rings. The van der Waals surface area contributed by atoms with Gasteiger partial charge in [-0.25, -0.2) is 9.97 Å². The van der Waals surface area contributed by atoms with E-state index in [2.05, 4.69) is 20.9 Å². The summed E-state index contributed by atoms with van der Waals surface area (Å²) in [5, 5.41) is 0.721. The van der Waals surface area contributed by atoms with Crippen molar-refractivity contribution in [2.24, 2.45) is 0 Å². The zero-order chi connectivity index (χ0) is 17.1. The third-order valence-corrected chi connectivity index (χ3v) is 4.29. The third kappa shape index (κ3) is 3.57. The van der Waals surface area contributed by atoms with Crippen LogP contribution in [0.3, 0.4) is 0 Å². The van der Waals surface area contributed by atoms with Crippen molar-refractivity contribution < 1.29 is 9.47 Å². The SMILES string of the molecule is Clc1ccc(N2COCC2c2cccc(Oc3ncccn3)c2)cc1. The second kappa shape index (κ2) is 7.09. The van der Waals surface area contributed by atoms with E-state index in [9.17, 15) is 0 Å². The summed E-state index contributed by atoms with van der Waals surface area (Å²) in [6.07, 6.45) is 3.30. The fourth-order valence-corrected chi connectivity index (χ4v) is 2.96. The number of hydrogen-bond acceptors (Lipinski definition) is 5. The summed E-state index contributed by atoms with van der Waals surface area (Å²) in [7, 11) is 0. The molecular weight excluding hydrogens is 338 g/mol. The predicted octanol–water partition coefficient (Wildman–Crippen LogP) is 4.46. The number of benzene rings is 2. The minimum atomic E-state index is 0.112. The van der Waals surface area contributed by atoms with Gasteiger partial charge in [0.2, 0.25) is 0 Å². The Hall–Kier alpha value is -2.63. The second-order valence-corrected chi connectivity index (χ2v) is 6.10. The van der Waals surface area contributed by atoms with Gasteiger partial charge in [-0.15, -0.1) is 0 Å². The quantitative estimate of drug-likeness (QED) is 0.693. The highest BCUT2D eigenvalue weighted by Crippen LogP contribution is 2.34. The van der Waals surface area contributed by atoms with E-state index in [1.807, 2.05) is 42.5 Å². The molecule has 1 aliphatic rings. The van der Waals surface area contributed by atoms with E-state index in [0.29, 0.717) is 25.1 Å². The number of aromatic nitrogens is 2. The van der Waals surface area contributed by atoms with Crippen molar-refractivity contribution in [3.63, 3.8) is 0 Å². The summed E-state index contributed by atoms with van der Waals surface area (Å²) in [5.41, 5.74) is 2.19. The van der Waals surface area contributed by atoms with Crippen LogP contribution in [-0.4, -0.2) is 23.3 Å². The monoisotopic (exact) mass is 353 g/mol. The van der Waals surface area contributed by atoms with Crippen LogP contribution in [0.5, 0.6) is 11.8 Å². The first kappa shape index (κ1) is 15.9. The molecule has 0 spiro atoms. The molecule has 1 aromatic heterocycles. The van der Waals surface area contributed by atoms with Crippen LogP contribution in [0, 0.1) is 0 Å². The lowest BCUT2D eigenvalue weighted by atomic mass is 10.1. The first-order valence-electron chi connectivity index (χ1n) is 7.94. The van der Waals surface area contributed by atoms with Gasteiger partial charge >= 0.3 is 6.01 Å². The molecule has 0 bridgehead atoms. The van der Waals surface area contributed by atoms with Crippen LogP contribution >= 0.6 is 11.6 Å². The fourth-order valence-electron chi connectivity index (χ4n) is 2.83. The van der Waals surface area contributed by atoms with E-state index < -0.39 is 0 Å². The standard InChI is InChI=1S/C19H16ClN3O2/c20-15-5-7-16(8-6-15)23-13-24-12-18(23)14-3-1-4-17(11-14)25-19-21-9-2-10-22-19/h1-11,18H,12-13H2. The lowest BCUT2D eigenvalue weighted by molar-refractivity contribution is 0.194. The number of hydrogen-bond donors (Lipinski definition) is 0. The van der Waals surface area contributed by atoms with Gasteiger partial charge in [0.1, 0.15) is 12.5 Å². The van der Waals surface area contributed by atoms with Gasteiger partial charge in [-0.3, -0.25) is 0 Å². The van der Waals surface area contributed by atoms with Gasteiger partial charge in [-0.2, -0.15) is 0 Å². The molecule has 0 saturated carbocycles. The Morgan fingerprint density at radius 3 is 2.64 bits per heavy atom. The molecule has 1 aliphatic heterocycles. The predicted molar refractivity (Wildman–Crippen MR) is 96.0 cm³/mol. The van der Waals surface area contributed by atoms with Crippen LogP contribution in [0.2, 0.25) is 5.02 Å². The molecule has 4 rings (SSSR count). The van der Waals surface area contributed by atoms with E-state index >= 15 is 0 Å². The van der Waals surface area contributed by atoms with Crippen molar-refractivity contribution in [3.05, 3.63) is 77.6 Å². The summed E-state index contributed by atoms with van der Waals surface area (Å²) in [4.78, 5) is 10.4. The van der Waals surface area contributed by atoms with Gasteiger partial charge in [0.25, 0.3) is 0 Å². The summed E-state index contributed by atoms with van der Waals surface area (Å²) >= 11 is 5.99. The molecule has 1 saturated heterocycles. The van der Waals surface area contributed by atoms with Crippen molar-refractivity contribution in [1.82, 2.24) is 9.97 Å². The maximum atomic E-state index is 5.99. The van der Waals surface area contributed by atoms with Crippen molar-refractivity contribution in [2.45, 2.75) is 6.04 Å². The summed E-state index contributed by atoms with van der Waals surface area (Å²) in [6.45, 7) is 1.16. The summed E-state index contributed by atoms with van der Waals surface area (Å²) < 4.78 is 11.4. The minimum Gasteiger partial charge on any atom is -0.424 e. The van der Waals surface area contributed by atoms with Crippen LogP contribution < -0.4 is 9.64 Å². The normalized spacial score (nSPS) is 16.8. The Morgan fingerprint density at radius 2 is 1.84 bits per heavy atom. The second-order valence-electron chi connectivity index (χ2n) is 5.67. The molecule has 0 N–H and O–H groups in total. The van der Waals surface area contributed by atoms with E-state index in [0.717, 1.165) is 16.3 Å². The van der Waals surface area contributed by atoms with E-state index in [1.165, 1.54) is 0 Å². The molecule has 2 heterocycles. The number of rotatable bonds is 4. The van der Waals surface area contributed by atoms with Crippen molar-refractivity contribution in [3.8, 4) is 11.8 Å². The molecule has 0 amide bonds. The zero-order valence-electron chi connectivity index (χ0n) is 13.4. The van der Waals surface area contributed by atoms with Crippen LogP contribution in [0.4, 0.5) is 5.69 Å². The average Bonchev–Trinajstić information content (AvgIpc) is 3.13. The molecule has 0 radical (unpaired) electrons. The maximum Gasteiger partial charge on any atom is 0.321 e. The molecule has 25 heavy (non-hydrogen) atoms. The molecular formula is C19H16ClN3O2. The highest BCUT2D eigenvalue weighted by molar-refractivity contribution is 6.30. The lowest BCUT2D eigenvalue weighted by Crippen LogP contribution is -2.23. The van der Waals surface area contributed by atoms with Gasteiger partial charge in [-0.05, 0) is 48.0 Å². The molecule has 1 atom stereocenters. The Kier molecular flexibility index (Phi) is 4.50.